The molecule has 0 unspecified atom stereocenters. The predicted octanol–water partition coefficient (Wildman–Crippen LogP) is 3.87. The number of hydrogen-bond acceptors (Lipinski definition) is 4. The number of nitrogens with zero attached hydrogens (tertiary/aromatic N) is 1. The first-order valence-corrected chi connectivity index (χ1v) is 9.11. The molecule has 0 fully saturated rings. The second-order valence-electron chi connectivity index (χ2n) is 7.13. The van der Waals surface area contributed by atoms with Gasteiger partial charge >= 0.3 is 5.97 Å². The summed E-state index contributed by atoms with van der Waals surface area (Å²) < 4.78 is 5.23. The molecule has 1 heterocycles. The van der Waals surface area contributed by atoms with Crippen LogP contribution in [0.5, 0.6) is 0 Å². The number of H-pyrrole nitrogens is 1. The molecule has 138 valence electrons. The maximum Gasteiger partial charge on any atom is 0.355 e. The molecule has 0 saturated heterocycles. The Kier molecular flexibility index (Phi) is 5.16. The molecule has 0 radical (unpaired) electrons. The predicted molar refractivity (Wildman–Crippen MR) is 102 cm³/mol. The number of esters is 1. The molecule has 0 bridgehead atoms. The van der Waals surface area contributed by atoms with Crippen molar-refractivity contribution in [2.45, 2.75) is 39.0 Å². The fourth-order valence-corrected chi connectivity index (χ4v) is 3.58. The molecule has 0 aliphatic heterocycles. The number of Topliss-reactive ketones (excluding diaryl/α,β-unsaturated/α-hetero) is 1. The molecule has 1 atom stereocenters. The van der Waals surface area contributed by atoms with Gasteiger partial charge in [0.15, 0.2) is 5.78 Å². The fraction of sp³-hybridized carbons (Fsp3) is 0.429. The summed E-state index contributed by atoms with van der Waals surface area (Å²) in [6.45, 7) is 4.16. The van der Waals surface area contributed by atoms with Crippen molar-refractivity contribution in [3.8, 4) is 0 Å². The third kappa shape index (κ3) is 3.39. The summed E-state index contributed by atoms with van der Waals surface area (Å²) in [5.74, 6) is -0.154. The number of ketones is 1. The Morgan fingerprint density at radius 2 is 1.92 bits per heavy atom. The van der Waals surface area contributed by atoms with Gasteiger partial charge in [-0.1, -0.05) is 19.1 Å². The van der Waals surface area contributed by atoms with E-state index >= 15 is 0 Å². The van der Waals surface area contributed by atoms with Crippen LogP contribution in [0.4, 0.5) is 5.69 Å². The van der Waals surface area contributed by atoms with Gasteiger partial charge in [-0.3, -0.25) is 4.79 Å². The van der Waals surface area contributed by atoms with Gasteiger partial charge in [-0.05, 0) is 48.9 Å². The molecular formula is C21H26N2O3. The number of carbonyl (C=O) groups is 2. The van der Waals surface area contributed by atoms with E-state index in [1.807, 2.05) is 27.9 Å². The van der Waals surface area contributed by atoms with Crippen LogP contribution >= 0.6 is 0 Å². The van der Waals surface area contributed by atoms with E-state index in [1.54, 1.807) is 0 Å². The molecule has 1 aliphatic carbocycles. The van der Waals surface area contributed by atoms with E-state index in [9.17, 15) is 9.59 Å². The van der Waals surface area contributed by atoms with Crippen LogP contribution in [0.25, 0.3) is 0 Å². The molecule has 5 heteroatoms. The van der Waals surface area contributed by atoms with Crippen molar-refractivity contribution < 1.29 is 14.3 Å². The smallest absolute Gasteiger partial charge is 0.355 e. The molecule has 26 heavy (non-hydrogen) atoms. The van der Waals surface area contributed by atoms with Crippen LogP contribution in [0.3, 0.4) is 0 Å². The highest BCUT2D eigenvalue weighted by atomic mass is 16.5. The molecule has 0 saturated carbocycles. The van der Waals surface area contributed by atoms with Crippen molar-refractivity contribution >= 4 is 17.4 Å². The lowest BCUT2D eigenvalue weighted by molar-refractivity contribution is 0.0498. The summed E-state index contributed by atoms with van der Waals surface area (Å²) in [6.07, 6.45) is 1.97. The van der Waals surface area contributed by atoms with Crippen molar-refractivity contribution in [3.63, 3.8) is 0 Å². The lowest BCUT2D eigenvalue weighted by Gasteiger charge is -2.23. The molecule has 1 aromatic heterocycles. The summed E-state index contributed by atoms with van der Waals surface area (Å²) in [7, 11) is 4.01. The number of nitrogens with one attached hydrogen (secondary N) is 1. The second kappa shape index (κ2) is 7.36. The minimum Gasteiger partial charge on any atom is -0.461 e. The van der Waals surface area contributed by atoms with Gasteiger partial charge in [0.1, 0.15) is 5.69 Å². The van der Waals surface area contributed by atoms with Crippen LogP contribution in [-0.2, 0) is 11.2 Å². The summed E-state index contributed by atoms with van der Waals surface area (Å²) in [5, 5.41) is 0. The number of aromatic nitrogens is 1. The van der Waals surface area contributed by atoms with Crippen molar-refractivity contribution in [1.29, 1.82) is 0 Å². The number of benzene rings is 1. The molecular weight excluding hydrogens is 328 g/mol. The number of carbonyl (C=O) groups excluding carboxylic acids is 2. The Labute approximate surface area is 154 Å². The number of ether oxygens (including phenoxy) is 1. The van der Waals surface area contributed by atoms with Crippen LogP contribution in [0.15, 0.2) is 24.3 Å². The highest BCUT2D eigenvalue weighted by Gasteiger charge is 2.32. The van der Waals surface area contributed by atoms with Crippen molar-refractivity contribution in [2.24, 2.45) is 0 Å². The van der Waals surface area contributed by atoms with E-state index in [4.69, 9.17) is 4.74 Å². The zero-order chi connectivity index (χ0) is 18.8. The Bertz CT molecular complexity index is 819. The van der Waals surface area contributed by atoms with E-state index in [2.05, 4.69) is 34.1 Å². The van der Waals surface area contributed by atoms with E-state index in [1.165, 1.54) is 0 Å². The van der Waals surface area contributed by atoms with E-state index in [0.29, 0.717) is 29.8 Å². The highest BCUT2D eigenvalue weighted by Crippen LogP contribution is 2.35. The summed E-state index contributed by atoms with van der Waals surface area (Å²) in [4.78, 5) is 30.2. The SMILES string of the molecule is CCCOC(=O)c1[nH]c2c(c1C)C(=O)C[C@H](c1ccc(N(C)C)cc1)C2. The quantitative estimate of drug-likeness (QED) is 0.828. The lowest BCUT2D eigenvalue weighted by atomic mass is 9.81. The van der Waals surface area contributed by atoms with E-state index < -0.39 is 0 Å². The molecule has 5 nitrogen and oxygen atoms in total. The summed E-state index contributed by atoms with van der Waals surface area (Å²) >= 11 is 0. The minimum atomic E-state index is -0.376. The summed E-state index contributed by atoms with van der Waals surface area (Å²) in [5.41, 5.74) is 4.94. The first kappa shape index (κ1) is 18.2. The van der Waals surface area contributed by atoms with E-state index in [0.717, 1.165) is 29.8 Å². The van der Waals surface area contributed by atoms with E-state index in [-0.39, 0.29) is 17.7 Å². The van der Waals surface area contributed by atoms with Gasteiger partial charge in [-0.25, -0.2) is 4.79 Å². The fourth-order valence-electron chi connectivity index (χ4n) is 3.58. The average Bonchev–Trinajstić information content (AvgIpc) is 2.97. The number of rotatable bonds is 5. The third-order valence-corrected chi connectivity index (χ3v) is 5.01. The number of aromatic amines is 1. The first-order valence-electron chi connectivity index (χ1n) is 9.11. The van der Waals surface area contributed by atoms with Gasteiger partial charge in [-0.2, -0.15) is 0 Å². The maximum absolute atomic E-state index is 12.7. The van der Waals surface area contributed by atoms with Crippen LogP contribution in [-0.4, -0.2) is 37.4 Å². The topological polar surface area (TPSA) is 62.4 Å². The lowest BCUT2D eigenvalue weighted by Crippen LogP contribution is -2.18. The zero-order valence-electron chi connectivity index (χ0n) is 15.9. The third-order valence-electron chi connectivity index (χ3n) is 5.01. The van der Waals surface area contributed by atoms with Crippen LogP contribution in [0, 0.1) is 6.92 Å². The van der Waals surface area contributed by atoms with Crippen LogP contribution in [0.1, 0.15) is 63.4 Å². The normalized spacial score (nSPS) is 16.3. The van der Waals surface area contributed by atoms with Gasteiger partial charge in [0.25, 0.3) is 0 Å². The highest BCUT2D eigenvalue weighted by molar-refractivity contribution is 6.03. The van der Waals surface area contributed by atoms with Gasteiger partial charge in [0.2, 0.25) is 0 Å². The second-order valence-corrected chi connectivity index (χ2v) is 7.13. The molecule has 3 rings (SSSR count). The zero-order valence-corrected chi connectivity index (χ0v) is 15.9. The molecule has 1 aromatic carbocycles. The van der Waals surface area contributed by atoms with Crippen LogP contribution < -0.4 is 4.90 Å². The number of anilines is 1. The van der Waals surface area contributed by atoms with Crippen molar-refractivity contribution in [2.75, 3.05) is 25.6 Å². The molecule has 1 aliphatic rings. The molecule has 0 amide bonds. The van der Waals surface area contributed by atoms with Gasteiger partial charge in [0.05, 0.1) is 6.61 Å². The standard InChI is InChI=1S/C21H26N2O3/c1-5-10-26-21(25)20-13(2)19-17(22-20)11-15(12-18(19)24)14-6-8-16(9-7-14)23(3)4/h6-9,15,22H,5,10-12H2,1-4H3/t15-/m1/s1. The number of hydrogen-bond donors (Lipinski definition) is 1. The van der Waals surface area contributed by atoms with Crippen LogP contribution in [0.2, 0.25) is 0 Å². The van der Waals surface area contributed by atoms with Gasteiger partial charge < -0.3 is 14.6 Å². The van der Waals surface area contributed by atoms with Crippen molar-refractivity contribution in [1.82, 2.24) is 4.98 Å². The first-order chi connectivity index (χ1) is 12.4. The molecule has 1 N–H and O–H groups in total. The Morgan fingerprint density at radius 1 is 1.23 bits per heavy atom. The Hall–Kier alpha value is -2.56. The van der Waals surface area contributed by atoms with Gasteiger partial charge in [-0.15, -0.1) is 0 Å². The molecule has 2 aromatic rings. The van der Waals surface area contributed by atoms with Gasteiger partial charge in [0, 0.05) is 37.5 Å². The summed E-state index contributed by atoms with van der Waals surface area (Å²) in [6, 6.07) is 8.32. The molecule has 0 spiro atoms. The average molecular weight is 354 g/mol. The largest absolute Gasteiger partial charge is 0.461 e. The Balaban J connectivity index is 1.86. The monoisotopic (exact) mass is 354 g/mol. The maximum atomic E-state index is 12.7. The number of fused-ring (bicyclic) bond motifs is 1. The van der Waals surface area contributed by atoms with Crippen molar-refractivity contribution in [3.05, 3.63) is 52.3 Å². The minimum absolute atomic E-state index is 0.0937. The Morgan fingerprint density at radius 3 is 2.54 bits per heavy atom.